The number of hydrogen-bond acceptors (Lipinski definition) is 6. The van der Waals surface area contributed by atoms with Gasteiger partial charge in [-0.25, -0.2) is 9.18 Å². The molecule has 1 aliphatic heterocycles. The Hall–Kier alpha value is -2.69. The number of ether oxygens (including phenoxy) is 1. The van der Waals surface area contributed by atoms with E-state index in [0.717, 1.165) is 50.2 Å². The van der Waals surface area contributed by atoms with Gasteiger partial charge < -0.3 is 4.74 Å². The number of benzene rings is 1. The Balaban J connectivity index is 2.26. The number of amidine groups is 1. The van der Waals surface area contributed by atoms with Crippen molar-refractivity contribution in [3.05, 3.63) is 45.6 Å². The molecule has 0 radical (unpaired) electrons. The van der Waals surface area contributed by atoms with Crippen LogP contribution in [0.5, 0.6) is 0 Å². The number of rotatable bonds is 3. The minimum Gasteiger partial charge on any atom is -0.466 e. The molecule has 1 aromatic carbocycles. The summed E-state index contributed by atoms with van der Waals surface area (Å²) in [6, 6.07) is 1.82. The number of nitrogens with zero attached hydrogens (tertiary/aromatic N) is 2. The third kappa shape index (κ3) is 4.48. The first-order valence-electron chi connectivity index (χ1n) is 6.89. The van der Waals surface area contributed by atoms with Gasteiger partial charge in [0.15, 0.2) is 5.17 Å². The van der Waals surface area contributed by atoms with Gasteiger partial charge >= 0.3 is 12.1 Å². The van der Waals surface area contributed by atoms with E-state index < -0.39 is 35.0 Å². The van der Waals surface area contributed by atoms with Crippen LogP contribution in [-0.2, 0) is 20.5 Å². The summed E-state index contributed by atoms with van der Waals surface area (Å²) in [7, 11) is 1.14. The van der Waals surface area contributed by atoms with Crippen LogP contribution < -0.4 is 5.32 Å². The molecule has 1 aromatic rings. The number of alkyl halides is 3. The molecule has 0 bridgehead atoms. The molecule has 1 heterocycles. The molecule has 1 N–H and O–H groups in total. The molecule has 11 heteroatoms. The van der Waals surface area contributed by atoms with E-state index in [-0.39, 0.29) is 15.6 Å². The van der Waals surface area contributed by atoms with E-state index in [1.165, 1.54) is 0 Å². The van der Waals surface area contributed by atoms with Crippen LogP contribution in [0.2, 0.25) is 0 Å². The van der Waals surface area contributed by atoms with Crippen LogP contribution in [0.3, 0.4) is 0 Å². The molecule has 0 saturated carbocycles. The third-order valence-electron chi connectivity index (χ3n) is 3.16. The first kappa shape index (κ1) is 19.6. The molecule has 0 unspecified atom stereocenters. The summed E-state index contributed by atoms with van der Waals surface area (Å²) < 4.78 is 57.1. The van der Waals surface area contributed by atoms with Crippen LogP contribution >= 0.6 is 11.8 Å². The van der Waals surface area contributed by atoms with Crippen LogP contribution in [0, 0.1) is 12.7 Å². The molecule has 2 rings (SSSR count). The van der Waals surface area contributed by atoms with Gasteiger partial charge in [0.2, 0.25) is 0 Å². The van der Waals surface area contributed by atoms with E-state index in [1.807, 2.05) is 0 Å². The van der Waals surface area contributed by atoms with E-state index in [1.54, 1.807) is 0 Å². The van der Waals surface area contributed by atoms with Gasteiger partial charge in [0.25, 0.3) is 5.91 Å². The van der Waals surface area contributed by atoms with Gasteiger partial charge in [0.1, 0.15) is 5.82 Å². The predicted molar refractivity (Wildman–Crippen MR) is 87.0 cm³/mol. The van der Waals surface area contributed by atoms with Crippen LogP contribution in [0.1, 0.15) is 16.7 Å². The maximum absolute atomic E-state index is 13.4. The molecule has 1 fully saturated rings. The lowest BCUT2D eigenvalue weighted by Crippen LogP contribution is -2.19. The van der Waals surface area contributed by atoms with Crippen LogP contribution in [0.4, 0.5) is 17.6 Å². The second kappa shape index (κ2) is 7.68. The summed E-state index contributed by atoms with van der Waals surface area (Å²) >= 11 is 0.767. The molecular formula is C15H11F4N3O3S. The lowest BCUT2D eigenvalue weighted by Gasteiger charge is -2.13. The fraction of sp³-hybridized carbons (Fsp3) is 0.200. The third-order valence-corrected chi connectivity index (χ3v) is 4.06. The smallest absolute Gasteiger partial charge is 0.417 e. The number of esters is 1. The number of amides is 1. The zero-order valence-electron chi connectivity index (χ0n) is 13.3. The van der Waals surface area contributed by atoms with Crippen molar-refractivity contribution in [1.29, 1.82) is 0 Å². The zero-order chi connectivity index (χ0) is 19.5. The largest absolute Gasteiger partial charge is 0.466 e. The summed E-state index contributed by atoms with van der Waals surface area (Å²) in [6.07, 6.45) is -3.03. The van der Waals surface area contributed by atoms with Crippen LogP contribution in [0.25, 0.3) is 0 Å². The van der Waals surface area contributed by atoms with E-state index in [2.05, 4.69) is 20.3 Å². The molecule has 26 heavy (non-hydrogen) atoms. The summed E-state index contributed by atoms with van der Waals surface area (Å²) in [5.41, 5.74) is -2.09. The average molecular weight is 389 g/mol. The standard InChI is InChI=1S/C15H11F4N3O3S/c1-7-9(16)4-3-8(12(7)15(17,18)19)6-20-22-14-21-13(24)10(26-14)5-11(23)25-2/h3-6H,1-2H3,(H,21,22,24)/b10-5+,20-6?. The summed E-state index contributed by atoms with van der Waals surface area (Å²) in [6.45, 7) is 1.01. The minimum absolute atomic E-state index is 0.000549. The quantitative estimate of drug-likeness (QED) is 0.283. The van der Waals surface area contributed by atoms with E-state index >= 15 is 0 Å². The first-order chi connectivity index (χ1) is 12.1. The van der Waals surface area contributed by atoms with Gasteiger partial charge in [-0.1, -0.05) is 0 Å². The highest BCUT2D eigenvalue weighted by atomic mass is 32.2. The van der Waals surface area contributed by atoms with Gasteiger partial charge in [0.05, 0.1) is 23.8 Å². The molecule has 0 aromatic heterocycles. The molecule has 138 valence electrons. The number of carbonyl (C=O) groups is 2. The number of carbonyl (C=O) groups excluding carboxylic acids is 2. The van der Waals surface area contributed by atoms with E-state index in [9.17, 15) is 27.2 Å². The average Bonchev–Trinajstić information content (AvgIpc) is 2.89. The molecule has 0 spiro atoms. The van der Waals surface area contributed by atoms with Crippen LogP contribution in [-0.4, -0.2) is 30.4 Å². The summed E-state index contributed by atoms with van der Waals surface area (Å²) in [5.74, 6) is -2.36. The molecule has 1 saturated heterocycles. The van der Waals surface area contributed by atoms with Crippen molar-refractivity contribution >= 4 is 35.0 Å². The number of methoxy groups -OCH3 is 1. The Kier molecular flexibility index (Phi) is 5.80. The molecule has 1 aliphatic rings. The maximum atomic E-state index is 13.4. The lowest BCUT2D eigenvalue weighted by atomic mass is 10.0. The second-order valence-corrected chi connectivity index (χ2v) is 5.90. The zero-order valence-corrected chi connectivity index (χ0v) is 14.2. The van der Waals surface area contributed by atoms with Gasteiger partial charge in [-0.15, -0.1) is 5.10 Å². The van der Waals surface area contributed by atoms with E-state index in [0.29, 0.717) is 0 Å². The Morgan fingerprint density at radius 2 is 2.04 bits per heavy atom. The number of thioether (sulfide) groups is 1. The SMILES string of the molecule is COC(=O)/C=C1/S/C(=N\N=Cc2ccc(F)c(C)c2C(F)(F)F)NC1=O. The number of halogens is 4. The van der Waals surface area contributed by atoms with Crippen molar-refractivity contribution < 1.29 is 31.9 Å². The van der Waals surface area contributed by atoms with Crippen molar-refractivity contribution in [2.75, 3.05) is 7.11 Å². The molecule has 0 atom stereocenters. The fourth-order valence-electron chi connectivity index (χ4n) is 1.98. The van der Waals surface area contributed by atoms with Gasteiger partial charge in [-0.2, -0.15) is 18.3 Å². The highest BCUT2D eigenvalue weighted by Crippen LogP contribution is 2.35. The molecule has 6 nitrogen and oxygen atoms in total. The highest BCUT2D eigenvalue weighted by molar-refractivity contribution is 8.18. The van der Waals surface area contributed by atoms with E-state index in [4.69, 9.17) is 0 Å². The molecule has 1 amide bonds. The van der Waals surface area contributed by atoms with Gasteiger partial charge in [0, 0.05) is 11.6 Å². The molecule has 0 aliphatic carbocycles. The Labute approximate surface area is 149 Å². The second-order valence-electron chi connectivity index (χ2n) is 4.87. The normalized spacial score (nSPS) is 18.0. The first-order valence-corrected chi connectivity index (χ1v) is 7.71. The number of nitrogens with one attached hydrogen (secondary N) is 1. The number of hydrogen-bond donors (Lipinski definition) is 1. The predicted octanol–water partition coefficient (Wildman–Crippen LogP) is 2.76. The Morgan fingerprint density at radius 1 is 1.35 bits per heavy atom. The Morgan fingerprint density at radius 3 is 2.65 bits per heavy atom. The fourth-order valence-corrected chi connectivity index (χ4v) is 2.71. The van der Waals surface area contributed by atoms with Crippen molar-refractivity contribution in [1.82, 2.24) is 5.32 Å². The lowest BCUT2D eigenvalue weighted by molar-refractivity contribution is -0.138. The topological polar surface area (TPSA) is 80.1 Å². The Bertz CT molecular complexity index is 847. The van der Waals surface area contributed by atoms with Crippen molar-refractivity contribution in [3.63, 3.8) is 0 Å². The van der Waals surface area contributed by atoms with Gasteiger partial charge in [-0.05, 0) is 36.4 Å². The highest BCUT2D eigenvalue weighted by Gasteiger charge is 2.36. The molecular weight excluding hydrogens is 378 g/mol. The summed E-state index contributed by atoms with van der Waals surface area (Å²) in [5, 5.41) is 9.34. The monoisotopic (exact) mass is 389 g/mol. The van der Waals surface area contributed by atoms with Crippen molar-refractivity contribution in [2.24, 2.45) is 10.2 Å². The minimum atomic E-state index is -4.77. The van der Waals surface area contributed by atoms with Gasteiger partial charge in [-0.3, -0.25) is 10.1 Å². The van der Waals surface area contributed by atoms with Crippen LogP contribution in [0.15, 0.2) is 33.3 Å². The van der Waals surface area contributed by atoms with Crippen molar-refractivity contribution in [3.8, 4) is 0 Å². The maximum Gasteiger partial charge on any atom is 0.417 e. The summed E-state index contributed by atoms with van der Waals surface area (Å²) in [4.78, 5) is 22.7. The van der Waals surface area contributed by atoms with Crippen molar-refractivity contribution in [2.45, 2.75) is 13.1 Å².